The van der Waals surface area contributed by atoms with Gasteiger partial charge >= 0.3 is 0 Å². The van der Waals surface area contributed by atoms with Gasteiger partial charge in [0.25, 0.3) is 11.6 Å². The van der Waals surface area contributed by atoms with Crippen molar-refractivity contribution >= 4 is 17.3 Å². The monoisotopic (exact) mass is 251 g/mol. The number of rotatable bonds is 4. The number of carbonyl (C=O) groups excluding carboxylic acids is 1. The van der Waals surface area contributed by atoms with Crippen LogP contribution in [0.25, 0.3) is 0 Å². The lowest BCUT2D eigenvalue weighted by Crippen LogP contribution is -2.42. The van der Waals surface area contributed by atoms with E-state index in [1.807, 2.05) is 20.8 Å². The highest BCUT2D eigenvalue weighted by Gasteiger charge is 2.21. The smallest absolute Gasteiger partial charge is 0.292 e. The Bertz CT molecular complexity index is 483. The summed E-state index contributed by atoms with van der Waals surface area (Å²) in [7, 11) is 0. The van der Waals surface area contributed by atoms with Crippen molar-refractivity contribution in [2.75, 3.05) is 5.73 Å². The van der Waals surface area contributed by atoms with E-state index in [2.05, 4.69) is 5.32 Å². The van der Waals surface area contributed by atoms with Crippen molar-refractivity contribution in [2.24, 2.45) is 0 Å². The van der Waals surface area contributed by atoms with E-state index in [4.69, 9.17) is 5.73 Å². The molecule has 18 heavy (non-hydrogen) atoms. The Morgan fingerprint density at radius 2 is 2.11 bits per heavy atom. The van der Waals surface area contributed by atoms with Gasteiger partial charge in [-0.2, -0.15) is 0 Å². The molecule has 0 radical (unpaired) electrons. The molecule has 1 amide bonds. The van der Waals surface area contributed by atoms with Crippen LogP contribution in [0, 0.1) is 10.1 Å². The van der Waals surface area contributed by atoms with Crippen molar-refractivity contribution in [2.45, 2.75) is 32.7 Å². The molecule has 1 rings (SSSR count). The fraction of sp³-hybridized carbons (Fsp3) is 0.417. The third-order valence-electron chi connectivity index (χ3n) is 2.83. The van der Waals surface area contributed by atoms with Gasteiger partial charge in [0.05, 0.1) is 4.92 Å². The molecule has 0 unspecified atom stereocenters. The summed E-state index contributed by atoms with van der Waals surface area (Å²) in [6.45, 7) is 5.72. The molecule has 6 nitrogen and oxygen atoms in total. The zero-order valence-electron chi connectivity index (χ0n) is 10.7. The fourth-order valence-corrected chi connectivity index (χ4v) is 1.31. The molecule has 0 aromatic heterocycles. The Hall–Kier alpha value is -2.11. The predicted molar refractivity (Wildman–Crippen MR) is 69.3 cm³/mol. The van der Waals surface area contributed by atoms with Gasteiger partial charge in [0.15, 0.2) is 0 Å². The molecule has 0 saturated carbocycles. The first-order valence-corrected chi connectivity index (χ1v) is 5.63. The second-order valence-corrected chi connectivity index (χ2v) is 4.72. The molecule has 1 aromatic carbocycles. The molecular weight excluding hydrogens is 234 g/mol. The Balaban J connectivity index is 3.01. The van der Waals surface area contributed by atoms with E-state index in [-0.39, 0.29) is 28.4 Å². The van der Waals surface area contributed by atoms with E-state index in [1.54, 1.807) is 0 Å². The highest BCUT2D eigenvalue weighted by atomic mass is 16.6. The Morgan fingerprint density at radius 1 is 1.50 bits per heavy atom. The maximum absolute atomic E-state index is 11.9. The average Bonchev–Trinajstić information content (AvgIpc) is 2.28. The minimum atomic E-state index is -0.600. The number of benzene rings is 1. The molecule has 6 heteroatoms. The summed E-state index contributed by atoms with van der Waals surface area (Å²) in [5, 5.41) is 13.5. The van der Waals surface area contributed by atoms with Gasteiger partial charge in [-0.3, -0.25) is 14.9 Å². The SMILES string of the molecule is CCC(C)(C)NC(=O)c1ccc(N)c([N+](=O)[O-])c1. The predicted octanol–water partition coefficient (Wildman–Crippen LogP) is 2.10. The molecule has 0 bridgehead atoms. The number of anilines is 1. The molecule has 0 spiro atoms. The molecule has 0 atom stereocenters. The molecular formula is C12H17N3O3. The fourth-order valence-electron chi connectivity index (χ4n) is 1.31. The van der Waals surface area contributed by atoms with Crippen LogP contribution in [0.5, 0.6) is 0 Å². The summed E-state index contributed by atoms with van der Waals surface area (Å²) in [4.78, 5) is 22.1. The quantitative estimate of drug-likeness (QED) is 0.486. The van der Waals surface area contributed by atoms with Gasteiger partial charge in [-0.25, -0.2) is 0 Å². The summed E-state index contributed by atoms with van der Waals surface area (Å²) >= 11 is 0. The summed E-state index contributed by atoms with van der Waals surface area (Å²) < 4.78 is 0. The van der Waals surface area contributed by atoms with Gasteiger partial charge in [-0.15, -0.1) is 0 Å². The molecule has 0 heterocycles. The van der Waals surface area contributed by atoms with Gasteiger partial charge in [0, 0.05) is 17.2 Å². The van der Waals surface area contributed by atoms with Crippen LogP contribution in [-0.2, 0) is 0 Å². The number of hydrogen-bond acceptors (Lipinski definition) is 4. The Kier molecular flexibility index (Phi) is 3.90. The number of nitrogens with one attached hydrogen (secondary N) is 1. The summed E-state index contributed by atoms with van der Waals surface area (Å²) in [6, 6.07) is 4.03. The lowest BCUT2D eigenvalue weighted by molar-refractivity contribution is -0.383. The minimum absolute atomic E-state index is 0.0475. The molecule has 3 N–H and O–H groups in total. The average molecular weight is 251 g/mol. The number of nitrogens with two attached hydrogens (primary N) is 1. The van der Waals surface area contributed by atoms with Gasteiger partial charge in [-0.05, 0) is 32.4 Å². The van der Waals surface area contributed by atoms with Gasteiger partial charge in [-0.1, -0.05) is 6.92 Å². The second kappa shape index (κ2) is 5.03. The second-order valence-electron chi connectivity index (χ2n) is 4.72. The summed E-state index contributed by atoms with van der Waals surface area (Å²) in [5.41, 5.74) is 5.15. The van der Waals surface area contributed by atoms with Crippen molar-refractivity contribution in [3.8, 4) is 0 Å². The third kappa shape index (κ3) is 3.19. The Labute approximate surface area is 105 Å². The molecule has 0 aliphatic rings. The number of nitrogens with zero attached hydrogens (tertiary/aromatic N) is 1. The van der Waals surface area contributed by atoms with Crippen LogP contribution in [0.15, 0.2) is 18.2 Å². The molecule has 0 saturated heterocycles. The minimum Gasteiger partial charge on any atom is -0.393 e. The largest absolute Gasteiger partial charge is 0.393 e. The van der Waals surface area contributed by atoms with Crippen LogP contribution in [0.3, 0.4) is 0 Å². The number of nitro benzene ring substituents is 1. The van der Waals surface area contributed by atoms with E-state index >= 15 is 0 Å². The van der Waals surface area contributed by atoms with Crippen molar-refractivity contribution in [1.82, 2.24) is 5.32 Å². The number of carbonyl (C=O) groups is 1. The van der Waals surface area contributed by atoms with E-state index in [1.165, 1.54) is 18.2 Å². The van der Waals surface area contributed by atoms with Gasteiger partial charge in [0.2, 0.25) is 0 Å². The van der Waals surface area contributed by atoms with Crippen LogP contribution in [0.1, 0.15) is 37.6 Å². The molecule has 98 valence electrons. The number of nitro groups is 1. The highest BCUT2D eigenvalue weighted by molar-refractivity contribution is 5.96. The van der Waals surface area contributed by atoms with Gasteiger partial charge in [0.1, 0.15) is 5.69 Å². The van der Waals surface area contributed by atoms with Crippen molar-refractivity contribution in [3.63, 3.8) is 0 Å². The maximum atomic E-state index is 11.9. The topological polar surface area (TPSA) is 98.3 Å². The van der Waals surface area contributed by atoms with Crippen LogP contribution in [0.2, 0.25) is 0 Å². The number of amides is 1. The van der Waals surface area contributed by atoms with E-state index in [9.17, 15) is 14.9 Å². The summed E-state index contributed by atoms with van der Waals surface area (Å²) in [5.74, 6) is -0.343. The zero-order chi connectivity index (χ0) is 13.9. The number of nitrogen functional groups attached to an aromatic ring is 1. The third-order valence-corrected chi connectivity index (χ3v) is 2.83. The van der Waals surface area contributed by atoms with E-state index in [0.717, 1.165) is 6.42 Å². The van der Waals surface area contributed by atoms with Crippen molar-refractivity contribution < 1.29 is 9.72 Å². The molecule has 0 fully saturated rings. The first-order chi connectivity index (χ1) is 8.26. The van der Waals surface area contributed by atoms with Crippen LogP contribution in [-0.4, -0.2) is 16.4 Å². The van der Waals surface area contributed by atoms with Gasteiger partial charge < -0.3 is 11.1 Å². The van der Waals surface area contributed by atoms with Crippen LogP contribution in [0.4, 0.5) is 11.4 Å². The zero-order valence-corrected chi connectivity index (χ0v) is 10.7. The molecule has 1 aromatic rings. The van der Waals surface area contributed by atoms with E-state index in [0.29, 0.717) is 0 Å². The first kappa shape index (κ1) is 14.0. The maximum Gasteiger partial charge on any atom is 0.292 e. The Morgan fingerprint density at radius 3 is 2.61 bits per heavy atom. The van der Waals surface area contributed by atoms with E-state index < -0.39 is 4.92 Å². The molecule has 0 aliphatic heterocycles. The van der Waals surface area contributed by atoms with Crippen LogP contribution < -0.4 is 11.1 Å². The number of hydrogen-bond donors (Lipinski definition) is 2. The highest BCUT2D eigenvalue weighted by Crippen LogP contribution is 2.22. The lowest BCUT2D eigenvalue weighted by atomic mass is 10.0. The summed E-state index contributed by atoms with van der Waals surface area (Å²) in [6.07, 6.45) is 0.760. The first-order valence-electron chi connectivity index (χ1n) is 5.63. The lowest BCUT2D eigenvalue weighted by Gasteiger charge is -2.24. The van der Waals surface area contributed by atoms with Crippen molar-refractivity contribution in [3.05, 3.63) is 33.9 Å². The normalized spacial score (nSPS) is 11.1. The van der Waals surface area contributed by atoms with Crippen molar-refractivity contribution in [1.29, 1.82) is 0 Å². The van der Waals surface area contributed by atoms with Crippen LogP contribution >= 0.6 is 0 Å². The molecule has 0 aliphatic carbocycles. The standard InChI is InChI=1S/C12H17N3O3/c1-4-12(2,3)14-11(16)8-5-6-9(13)10(7-8)15(17)18/h5-7H,4,13H2,1-3H3,(H,14,16).